The molecule has 1 aliphatic heterocycles. The van der Waals surface area contributed by atoms with Crippen molar-refractivity contribution in [3.63, 3.8) is 0 Å². The monoisotopic (exact) mass is 745 g/mol. The number of piperidine rings is 1. The molecule has 2 heterocycles. The number of phenolic OH excluding ortho intramolecular Hbond substituents is 1. The van der Waals surface area contributed by atoms with E-state index in [4.69, 9.17) is 9.47 Å². The van der Waals surface area contributed by atoms with Crippen molar-refractivity contribution in [1.82, 2.24) is 20.1 Å². The van der Waals surface area contributed by atoms with Crippen molar-refractivity contribution in [2.75, 3.05) is 45.1 Å². The molecule has 1 atom stereocenters. The molecule has 5 aromatic rings. The molecule has 286 valence electrons. The lowest BCUT2D eigenvalue weighted by molar-refractivity contribution is -0.0714. The first-order chi connectivity index (χ1) is 26.6. The van der Waals surface area contributed by atoms with Gasteiger partial charge in [-0.15, -0.1) is 0 Å². The van der Waals surface area contributed by atoms with Gasteiger partial charge in [-0.3, -0.25) is 19.8 Å². The highest BCUT2D eigenvalue weighted by atomic mass is 16.6. The smallest absolute Gasteiger partial charge is 0.412 e. The summed E-state index contributed by atoms with van der Waals surface area (Å²) in [4.78, 5) is 44.3. The highest BCUT2D eigenvalue weighted by molar-refractivity contribution is 5.94. The van der Waals surface area contributed by atoms with Gasteiger partial charge < -0.3 is 34.9 Å². The fourth-order valence-corrected chi connectivity index (χ4v) is 7.63. The Balaban J connectivity index is 0.803. The van der Waals surface area contributed by atoms with Crippen molar-refractivity contribution in [3.8, 4) is 17.2 Å². The number of carbonyl (C=O) groups excluding carboxylic acids is 2. The van der Waals surface area contributed by atoms with E-state index in [0.717, 1.165) is 50.9 Å². The average molecular weight is 746 g/mol. The number of nitrogens with one attached hydrogen (secondary N) is 3. The highest BCUT2D eigenvalue weighted by Crippen LogP contribution is 2.50. The first kappa shape index (κ1) is 37.6. The van der Waals surface area contributed by atoms with Gasteiger partial charge in [0.15, 0.2) is 5.75 Å². The molecule has 55 heavy (non-hydrogen) atoms. The molecule has 7 rings (SSSR count). The number of H-pyrrole nitrogens is 1. The lowest BCUT2D eigenvalue weighted by Crippen LogP contribution is -2.50. The number of pyridine rings is 1. The maximum atomic E-state index is 13.1. The van der Waals surface area contributed by atoms with Crippen LogP contribution in [0, 0.1) is 5.41 Å². The highest BCUT2D eigenvalue weighted by Gasteiger charge is 2.47. The zero-order valence-corrected chi connectivity index (χ0v) is 30.9. The summed E-state index contributed by atoms with van der Waals surface area (Å²) in [6, 6.07) is 30.6. The normalized spacial score (nSPS) is 16.0. The summed E-state index contributed by atoms with van der Waals surface area (Å²) in [6.07, 6.45) is 2.41. The maximum absolute atomic E-state index is 13.1. The zero-order chi connectivity index (χ0) is 38.4. The number of anilines is 1. The number of amides is 2. The summed E-state index contributed by atoms with van der Waals surface area (Å²) < 4.78 is 11.7. The molecule has 12 nitrogen and oxygen atoms in total. The van der Waals surface area contributed by atoms with Crippen molar-refractivity contribution < 1.29 is 29.3 Å². The van der Waals surface area contributed by atoms with Crippen LogP contribution in [-0.2, 0) is 11.3 Å². The molecule has 1 aliphatic carbocycles. The molecule has 1 saturated carbocycles. The molecule has 2 fully saturated rings. The predicted octanol–water partition coefficient (Wildman–Crippen LogP) is 6.41. The summed E-state index contributed by atoms with van der Waals surface area (Å²) in [5.41, 5.74) is 3.08. The van der Waals surface area contributed by atoms with E-state index in [9.17, 15) is 24.6 Å². The van der Waals surface area contributed by atoms with Crippen molar-refractivity contribution in [2.45, 2.75) is 44.4 Å². The van der Waals surface area contributed by atoms with E-state index < -0.39 is 12.2 Å². The van der Waals surface area contributed by atoms with Crippen molar-refractivity contribution in [3.05, 3.63) is 130 Å². The Morgan fingerprint density at radius 1 is 0.945 bits per heavy atom. The quantitative estimate of drug-likeness (QED) is 0.0860. The molecule has 0 radical (unpaired) electrons. The first-order valence-corrected chi connectivity index (χ1v) is 18.7. The van der Waals surface area contributed by atoms with Crippen molar-refractivity contribution in [2.24, 2.45) is 5.41 Å². The number of nitrogens with zero attached hydrogens (tertiary/aromatic N) is 2. The number of benzene rings is 4. The molecule has 5 N–H and O–H groups in total. The minimum atomic E-state index is -0.873. The predicted molar refractivity (Wildman–Crippen MR) is 210 cm³/mol. The number of aromatic hydroxyl groups is 1. The molecule has 12 heteroatoms. The van der Waals surface area contributed by atoms with Crippen LogP contribution in [0.25, 0.3) is 10.9 Å². The summed E-state index contributed by atoms with van der Waals surface area (Å²) in [5, 5.41) is 27.5. The number of para-hydroxylation sites is 3. The van der Waals surface area contributed by atoms with E-state index in [-0.39, 0.29) is 40.8 Å². The van der Waals surface area contributed by atoms with E-state index in [1.54, 1.807) is 30.1 Å². The number of hydrogen-bond donors (Lipinski definition) is 5. The van der Waals surface area contributed by atoms with Crippen LogP contribution in [-0.4, -0.2) is 82.9 Å². The Morgan fingerprint density at radius 3 is 2.44 bits per heavy atom. The van der Waals surface area contributed by atoms with Crippen LogP contribution in [0.15, 0.2) is 108 Å². The van der Waals surface area contributed by atoms with Gasteiger partial charge in [-0.25, -0.2) is 4.79 Å². The van der Waals surface area contributed by atoms with E-state index in [1.807, 2.05) is 72.8 Å². The standard InChI is InChI=1S/C43H47N5O7/c1-47(24-21-44-27-37(50)33-15-17-36(49)40-34(33)16-18-39(51)46-40)41(52)30-13-11-29(12-14-30)28-48-22-19-43(20-23-48)25-32(26-43)55-42(53)45-35-9-5-6-10-38(35)54-31-7-3-2-4-8-31/h2-18,32,37,44,49-50H,19-28H2,1H3,(H,45,53)(H,46,51)/t37-/m0/s1. The first-order valence-electron chi connectivity index (χ1n) is 18.7. The molecule has 4 aromatic carbocycles. The number of fused-ring (bicyclic) bond motifs is 1. The Labute approximate surface area is 319 Å². The van der Waals surface area contributed by atoms with Crippen molar-refractivity contribution in [1.29, 1.82) is 0 Å². The van der Waals surface area contributed by atoms with Gasteiger partial charge >= 0.3 is 6.09 Å². The summed E-state index contributed by atoms with van der Waals surface area (Å²) >= 11 is 0. The van der Waals surface area contributed by atoms with Gasteiger partial charge in [-0.05, 0) is 104 Å². The van der Waals surface area contributed by atoms with Crippen LogP contribution < -0.4 is 20.9 Å². The van der Waals surface area contributed by atoms with E-state index in [2.05, 4.69) is 20.5 Å². The third-order valence-corrected chi connectivity index (χ3v) is 10.8. The van der Waals surface area contributed by atoms with Gasteiger partial charge in [0.2, 0.25) is 5.56 Å². The number of likely N-dealkylation sites (N-methyl/N-ethyl adjacent to an activating group) is 1. The molecule has 0 bridgehead atoms. The Kier molecular flexibility index (Phi) is 11.5. The summed E-state index contributed by atoms with van der Waals surface area (Å²) in [7, 11) is 1.76. The second kappa shape index (κ2) is 16.8. The number of aromatic nitrogens is 1. The minimum absolute atomic E-state index is 0.0576. The number of carbonyl (C=O) groups is 2. The van der Waals surface area contributed by atoms with Gasteiger partial charge in [0.25, 0.3) is 5.91 Å². The second-order valence-corrected chi connectivity index (χ2v) is 14.7. The number of hydrogen-bond acceptors (Lipinski definition) is 9. The molecular weight excluding hydrogens is 699 g/mol. The maximum Gasteiger partial charge on any atom is 0.412 e. The number of aliphatic hydroxyl groups excluding tert-OH is 1. The van der Waals surface area contributed by atoms with Crippen LogP contribution in [0.3, 0.4) is 0 Å². The third kappa shape index (κ3) is 9.17. The molecule has 2 amide bonds. The minimum Gasteiger partial charge on any atom is -0.506 e. The number of likely N-dealkylation sites (tertiary alicyclic amines) is 1. The molecule has 1 aromatic heterocycles. The zero-order valence-electron chi connectivity index (χ0n) is 30.9. The van der Waals surface area contributed by atoms with Gasteiger partial charge in [0, 0.05) is 50.2 Å². The molecule has 1 spiro atoms. The Bertz CT molecular complexity index is 2160. The molecule has 1 saturated heterocycles. The van der Waals surface area contributed by atoms with E-state index in [0.29, 0.717) is 46.8 Å². The SMILES string of the molecule is CN(CCNC[C@H](O)c1ccc(O)c2[nH]c(=O)ccc12)C(=O)c1ccc(CN2CCC3(CC2)CC(OC(=O)Nc2ccccc2Oc2ccccc2)C3)cc1. The number of aromatic amines is 1. The van der Waals surface area contributed by atoms with Crippen LogP contribution in [0.2, 0.25) is 0 Å². The van der Waals surface area contributed by atoms with Gasteiger partial charge in [-0.1, -0.05) is 48.5 Å². The summed E-state index contributed by atoms with van der Waals surface area (Å²) in [6.45, 7) is 3.90. The van der Waals surface area contributed by atoms with Crippen molar-refractivity contribution >= 4 is 28.6 Å². The number of phenols is 1. The number of ether oxygens (including phenoxy) is 2. The fourth-order valence-electron chi connectivity index (χ4n) is 7.63. The van der Waals surface area contributed by atoms with Crippen LogP contribution in [0.4, 0.5) is 10.5 Å². The summed E-state index contributed by atoms with van der Waals surface area (Å²) in [5.74, 6) is 1.10. The average Bonchev–Trinajstić information content (AvgIpc) is 3.18. The van der Waals surface area contributed by atoms with Gasteiger partial charge in [-0.2, -0.15) is 0 Å². The molecule has 0 unspecified atom stereocenters. The Hall–Kier alpha value is -5.69. The van der Waals surface area contributed by atoms with Gasteiger partial charge in [0.1, 0.15) is 17.6 Å². The lowest BCUT2D eigenvalue weighted by atomic mass is 9.61. The molecule has 2 aliphatic rings. The van der Waals surface area contributed by atoms with Crippen LogP contribution in [0.1, 0.15) is 53.3 Å². The largest absolute Gasteiger partial charge is 0.506 e. The van der Waals surface area contributed by atoms with Gasteiger partial charge in [0.05, 0.1) is 17.3 Å². The topological polar surface area (TPSA) is 156 Å². The molecular formula is C43H47N5O7. The van der Waals surface area contributed by atoms with E-state index >= 15 is 0 Å². The second-order valence-electron chi connectivity index (χ2n) is 14.7. The fraction of sp³-hybridized carbons (Fsp3) is 0.326. The third-order valence-electron chi connectivity index (χ3n) is 10.8. The number of rotatable bonds is 13. The van der Waals surface area contributed by atoms with E-state index in [1.165, 1.54) is 12.1 Å². The lowest BCUT2D eigenvalue weighted by Gasteiger charge is -2.51. The Morgan fingerprint density at radius 2 is 1.67 bits per heavy atom. The van der Waals surface area contributed by atoms with Crippen LogP contribution in [0.5, 0.6) is 17.2 Å². The van der Waals surface area contributed by atoms with Crippen LogP contribution >= 0.6 is 0 Å². The number of aliphatic hydroxyl groups is 1.